The topological polar surface area (TPSA) is 112 Å². The third-order valence-electron chi connectivity index (χ3n) is 4.70. The molecule has 8 nitrogen and oxygen atoms in total. The summed E-state index contributed by atoms with van der Waals surface area (Å²) in [5, 5.41) is 2.88. The van der Waals surface area contributed by atoms with Gasteiger partial charge in [0.25, 0.3) is 5.91 Å². The summed E-state index contributed by atoms with van der Waals surface area (Å²) in [6.45, 7) is 2.75. The smallest absolute Gasteiger partial charge is 0.338 e. The van der Waals surface area contributed by atoms with Crippen molar-refractivity contribution in [3.05, 3.63) is 45.9 Å². The minimum absolute atomic E-state index is 0.197. The number of rotatable bonds is 7. The molecule has 0 unspecified atom stereocenters. The molecule has 29 heavy (non-hydrogen) atoms. The lowest BCUT2D eigenvalue weighted by molar-refractivity contribution is -0.137. The van der Waals surface area contributed by atoms with Crippen LogP contribution in [0.15, 0.2) is 29.6 Å². The molecule has 9 heteroatoms. The third kappa shape index (κ3) is 5.77. The number of aromatic nitrogens is 1. The summed E-state index contributed by atoms with van der Waals surface area (Å²) < 4.78 is 10.8. The van der Waals surface area contributed by atoms with Crippen LogP contribution in [0.2, 0.25) is 0 Å². The second kappa shape index (κ2) is 9.51. The van der Waals surface area contributed by atoms with Gasteiger partial charge in [0, 0.05) is 24.4 Å². The minimum Gasteiger partial charge on any atom is -0.487 e. The highest BCUT2D eigenvalue weighted by Crippen LogP contribution is 2.18. The summed E-state index contributed by atoms with van der Waals surface area (Å²) in [6.07, 6.45) is 1.07. The lowest BCUT2D eigenvalue weighted by Crippen LogP contribution is -2.43. The molecule has 1 fully saturated rings. The van der Waals surface area contributed by atoms with Crippen LogP contribution in [0.5, 0.6) is 5.75 Å². The molecule has 1 aliphatic rings. The molecule has 154 valence electrons. The Bertz CT molecular complexity index is 890. The number of carbonyl (C=O) groups is 3. The molecular weight excluding hydrogens is 394 g/mol. The van der Waals surface area contributed by atoms with Crippen molar-refractivity contribution in [2.24, 2.45) is 11.7 Å². The lowest BCUT2D eigenvalue weighted by atomic mass is 9.96. The molecule has 1 aromatic carbocycles. The summed E-state index contributed by atoms with van der Waals surface area (Å²) in [6, 6.07) is 6.61. The Morgan fingerprint density at radius 1 is 1.28 bits per heavy atom. The maximum absolute atomic E-state index is 12.3. The predicted molar refractivity (Wildman–Crippen MR) is 106 cm³/mol. The molecule has 0 atom stereocenters. The van der Waals surface area contributed by atoms with Gasteiger partial charge in [-0.25, -0.2) is 9.78 Å². The van der Waals surface area contributed by atoms with E-state index in [1.807, 2.05) is 12.3 Å². The zero-order chi connectivity index (χ0) is 20.8. The Kier molecular flexibility index (Phi) is 6.82. The number of hydrogen-bond acceptors (Lipinski definition) is 7. The number of likely N-dealkylation sites (tertiary alicyclic amines) is 1. The van der Waals surface area contributed by atoms with E-state index < -0.39 is 5.97 Å². The highest BCUT2D eigenvalue weighted by Gasteiger charge is 2.26. The number of primary amides is 1. The van der Waals surface area contributed by atoms with E-state index in [9.17, 15) is 14.4 Å². The molecule has 0 radical (unpaired) electrons. The van der Waals surface area contributed by atoms with Gasteiger partial charge in [0.15, 0.2) is 6.61 Å². The number of piperidine rings is 1. The number of amides is 2. The summed E-state index contributed by atoms with van der Waals surface area (Å²) in [4.78, 5) is 41.6. The molecular formula is C20H23N3O5S. The molecule has 0 saturated carbocycles. The van der Waals surface area contributed by atoms with Crippen LogP contribution in [0, 0.1) is 12.8 Å². The standard InChI is InChI=1S/C20H23N3O5S/c1-13-22-16(12-29-13)10-27-17-4-2-3-15(9-17)20(26)28-11-18(24)23-7-5-14(6-8-23)19(21)25/h2-4,9,12,14H,5-8,10-11H2,1H3,(H2,21,25). The van der Waals surface area contributed by atoms with Crippen molar-refractivity contribution >= 4 is 29.1 Å². The summed E-state index contributed by atoms with van der Waals surface area (Å²) in [5.41, 5.74) is 6.42. The maximum Gasteiger partial charge on any atom is 0.338 e. The van der Waals surface area contributed by atoms with Crippen LogP contribution in [-0.4, -0.2) is 47.4 Å². The van der Waals surface area contributed by atoms with Crippen molar-refractivity contribution in [2.75, 3.05) is 19.7 Å². The van der Waals surface area contributed by atoms with Gasteiger partial charge in [0.1, 0.15) is 12.4 Å². The van der Waals surface area contributed by atoms with Gasteiger partial charge in [-0.05, 0) is 38.0 Å². The van der Waals surface area contributed by atoms with Crippen molar-refractivity contribution in [3.8, 4) is 5.75 Å². The number of nitrogens with zero attached hydrogens (tertiary/aromatic N) is 2. The first-order valence-electron chi connectivity index (χ1n) is 9.30. The number of aryl methyl sites for hydroxylation is 1. The van der Waals surface area contributed by atoms with E-state index in [0.29, 0.717) is 43.9 Å². The van der Waals surface area contributed by atoms with E-state index in [1.165, 1.54) is 0 Å². The predicted octanol–water partition coefficient (Wildman–Crippen LogP) is 1.91. The molecule has 2 heterocycles. The molecule has 1 saturated heterocycles. The van der Waals surface area contributed by atoms with Crippen molar-refractivity contribution < 1.29 is 23.9 Å². The van der Waals surface area contributed by atoms with E-state index in [2.05, 4.69) is 4.98 Å². The number of thiazole rings is 1. The Hall–Kier alpha value is -2.94. The van der Waals surface area contributed by atoms with E-state index in [0.717, 1.165) is 10.7 Å². The fourth-order valence-corrected chi connectivity index (χ4v) is 3.66. The SMILES string of the molecule is Cc1nc(COc2cccc(C(=O)OCC(=O)N3CCC(C(N)=O)CC3)c2)cs1. The van der Waals surface area contributed by atoms with Gasteiger partial charge in [-0.2, -0.15) is 0 Å². The number of benzene rings is 1. The van der Waals surface area contributed by atoms with Crippen LogP contribution in [0.3, 0.4) is 0 Å². The van der Waals surface area contributed by atoms with Crippen molar-refractivity contribution in [3.63, 3.8) is 0 Å². The fourth-order valence-electron chi connectivity index (χ4n) is 3.06. The third-order valence-corrected chi connectivity index (χ3v) is 5.52. The van der Waals surface area contributed by atoms with E-state index in [1.54, 1.807) is 40.5 Å². The zero-order valence-electron chi connectivity index (χ0n) is 16.1. The zero-order valence-corrected chi connectivity index (χ0v) is 16.9. The number of nitrogens with two attached hydrogens (primary N) is 1. The first-order chi connectivity index (χ1) is 13.9. The van der Waals surface area contributed by atoms with Crippen LogP contribution in [0.25, 0.3) is 0 Å². The number of esters is 1. The highest BCUT2D eigenvalue weighted by molar-refractivity contribution is 7.09. The average Bonchev–Trinajstić information content (AvgIpc) is 3.15. The van der Waals surface area contributed by atoms with Gasteiger partial charge in [0.2, 0.25) is 5.91 Å². The maximum atomic E-state index is 12.3. The number of carbonyl (C=O) groups excluding carboxylic acids is 3. The van der Waals surface area contributed by atoms with Crippen molar-refractivity contribution in [1.82, 2.24) is 9.88 Å². The Labute approximate surface area is 172 Å². The first-order valence-corrected chi connectivity index (χ1v) is 10.2. The van der Waals surface area contributed by atoms with Crippen LogP contribution < -0.4 is 10.5 Å². The van der Waals surface area contributed by atoms with Crippen LogP contribution in [0.4, 0.5) is 0 Å². The van der Waals surface area contributed by atoms with Gasteiger partial charge < -0.3 is 20.1 Å². The molecule has 2 N–H and O–H groups in total. The largest absolute Gasteiger partial charge is 0.487 e. The molecule has 1 aromatic heterocycles. The van der Waals surface area contributed by atoms with Gasteiger partial charge >= 0.3 is 5.97 Å². The van der Waals surface area contributed by atoms with Crippen molar-refractivity contribution in [1.29, 1.82) is 0 Å². The second-order valence-corrected chi connectivity index (χ2v) is 7.87. The summed E-state index contributed by atoms with van der Waals surface area (Å²) >= 11 is 1.55. The van der Waals surface area contributed by atoms with E-state index >= 15 is 0 Å². The molecule has 3 rings (SSSR count). The van der Waals surface area contributed by atoms with Crippen molar-refractivity contribution in [2.45, 2.75) is 26.4 Å². The molecule has 2 aromatic rings. The number of ether oxygens (including phenoxy) is 2. The normalized spacial score (nSPS) is 14.4. The molecule has 0 bridgehead atoms. The Balaban J connectivity index is 1.48. The molecule has 1 aliphatic heterocycles. The Morgan fingerprint density at radius 2 is 2.03 bits per heavy atom. The molecule has 0 spiro atoms. The van der Waals surface area contributed by atoms with Gasteiger partial charge in [-0.3, -0.25) is 9.59 Å². The Morgan fingerprint density at radius 3 is 2.69 bits per heavy atom. The fraction of sp³-hybridized carbons (Fsp3) is 0.400. The monoisotopic (exact) mass is 417 g/mol. The minimum atomic E-state index is -0.597. The lowest BCUT2D eigenvalue weighted by Gasteiger charge is -2.30. The van der Waals surface area contributed by atoms with Gasteiger partial charge in [-0.15, -0.1) is 11.3 Å². The molecule has 0 aliphatic carbocycles. The highest BCUT2D eigenvalue weighted by atomic mass is 32.1. The summed E-state index contributed by atoms with van der Waals surface area (Å²) in [7, 11) is 0. The first kappa shape index (κ1) is 20.8. The van der Waals surface area contributed by atoms with Crippen LogP contribution in [0.1, 0.15) is 33.9 Å². The van der Waals surface area contributed by atoms with Crippen LogP contribution in [-0.2, 0) is 20.9 Å². The average molecular weight is 417 g/mol. The van der Waals surface area contributed by atoms with Crippen LogP contribution >= 0.6 is 11.3 Å². The van der Waals surface area contributed by atoms with E-state index in [4.69, 9.17) is 15.2 Å². The quantitative estimate of drug-likeness (QED) is 0.689. The number of hydrogen-bond donors (Lipinski definition) is 1. The molecule has 2 amide bonds. The van der Waals surface area contributed by atoms with E-state index in [-0.39, 0.29) is 24.3 Å². The van der Waals surface area contributed by atoms with Gasteiger partial charge in [-0.1, -0.05) is 6.07 Å². The second-order valence-electron chi connectivity index (χ2n) is 6.81. The van der Waals surface area contributed by atoms with Gasteiger partial charge in [0.05, 0.1) is 16.3 Å². The summed E-state index contributed by atoms with van der Waals surface area (Å²) in [5.74, 6) is -0.897.